The minimum atomic E-state index is -0.361. The van der Waals surface area contributed by atoms with E-state index in [1.54, 1.807) is 18.2 Å². The van der Waals surface area contributed by atoms with Crippen molar-refractivity contribution >= 4 is 22.6 Å². The van der Waals surface area contributed by atoms with Crippen LogP contribution in [0.1, 0.15) is 12.0 Å². The molecule has 102 valence electrons. The first-order chi connectivity index (χ1) is 9.74. The van der Waals surface area contributed by atoms with Crippen molar-refractivity contribution in [2.75, 3.05) is 11.0 Å². The number of nitriles is 1. The summed E-state index contributed by atoms with van der Waals surface area (Å²) in [6.45, 7) is 0.524. The SMILES string of the molecule is N#Cc1ccc(-c2ccc(OCCCI)c(F)c2)cc1. The van der Waals surface area contributed by atoms with Gasteiger partial charge in [0.05, 0.1) is 18.2 Å². The molecule has 2 rings (SSSR count). The second-order valence-electron chi connectivity index (χ2n) is 4.23. The van der Waals surface area contributed by atoms with Crippen molar-refractivity contribution in [3.8, 4) is 22.9 Å². The second kappa shape index (κ2) is 7.25. The molecule has 2 aromatic carbocycles. The maximum Gasteiger partial charge on any atom is 0.165 e. The second-order valence-corrected chi connectivity index (χ2v) is 5.30. The van der Waals surface area contributed by atoms with Crippen LogP contribution in [-0.2, 0) is 0 Å². The molecule has 0 saturated heterocycles. The first-order valence-electron chi connectivity index (χ1n) is 6.23. The third-order valence-corrected chi connectivity index (χ3v) is 3.58. The van der Waals surface area contributed by atoms with E-state index in [-0.39, 0.29) is 11.6 Å². The fourth-order valence-corrected chi connectivity index (χ4v) is 2.08. The Labute approximate surface area is 131 Å². The lowest BCUT2D eigenvalue weighted by atomic mass is 10.0. The third-order valence-electron chi connectivity index (χ3n) is 2.81. The van der Waals surface area contributed by atoms with E-state index in [0.717, 1.165) is 22.0 Å². The topological polar surface area (TPSA) is 33.0 Å². The highest BCUT2D eigenvalue weighted by Gasteiger charge is 2.06. The highest BCUT2D eigenvalue weighted by molar-refractivity contribution is 14.1. The van der Waals surface area contributed by atoms with E-state index in [1.165, 1.54) is 6.07 Å². The predicted molar refractivity (Wildman–Crippen MR) is 85.6 cm³/mol. The van der Waals surface area contributed by atoms with Gasteiger partial charge in [-0.2, -0.15) is 5.26 Å². The van der Waals surface area contributed by atoms with E-state index in [9.17, 15) is 4.39 Å². The lowest BCUT2D eigenvalue weighted by molar-refractivity contribution is 0.303. The van der Waals surface area contributed by atoms with Crippen molar-refractivity contribution in [1.29, 1.82) is 5.26 Å². The summed E-state index contributed by atoms with van der Waals surface area (Å²) in [5.41, 5.74) is 2.24. The van der Waals surface area contributed by atoms with Gasteiger partial charge in [-0.25, -0.2) is 4.39 Å². The Morgan fingerprint density at radius 1 is 1.10 bits per heavy atom. The number of hydrogen-bond acceptors (Lipinski definition) is 2. The van der Waals surface area contributed by atoms with E-state index in [4.69, 9.17) is 10.00 Å². The van der Waals surface area contributed by atoms with Crippen molar-refractivity contribution in [3.63, 3.8) is 0 Å². The number of nitrogens with zero attached hydrogens (tertiary/aromatic N) is 1. The maximum absolute atomic E-state index is 13.9. The molecule has 2 aromatic rings. The molecule has 0 fully saturated rings. The van der Waals surface area contributed by atoms with Crippen LogP contribution in [0.25, 0.3) is 11.1 Å². The molecule has 0 unspecified atom stereocenters. The number of benzene rings is 2. The quantitative estimate of drug-likeness (QED) is 0.432. The zero-order valence-electron chi connectivity index (χ0n) is 10.8. The summed E-state index contributed by atoms with van der Waals surface area (Å²) in [7, 11) is 0. The molecule has 0 aliphatic carbocycles. The summed E-state index contributed by atoms with van der Waals surface area (Å²) in [5, 5.41) is 8.76. The van der Waals surface area contributed by atoms with Gasteiger partial charge in [0.25, 0.3) is 0 Å². The van der Waals surface area contributed by atoms with Crippen LogP contribution in [0.4, 0.5) is 4.39 Å². The third kappa shape index (κ3) is 3.70. The monoisotopic (exact) mass is 381 g/mol. The van der Waals surface area contributed by atoms with Gasteiger partial charge in [0.15, 0.2) is 11.6 Å². The summed E-state index contributed by atoms with van der Waals surface area (Å²) >= 11 is 2.26. The summed E-state index contributed by atoms with van der Waals surface area (Å²) in [5.74, 6) is -0.0763. The zero-order chi connectivity index (χ0) is 14.4. The van der Waals surface area contributed by atoms with Crippen LogP contribution in [-0.4, -0.2) is 11.0 Å². The number of alkyl halides is 1. The molecule has 0 aromatic heterocycles. The molecule has 0 bridgehead atoms. The number of ether oxygens (including phenoxy) is 1. The Morgan fingerprint density at radius 3 is 2.40 bits per heavy atom. The molecule has 0 heterocycles. The molecule has 0 atom stereocenters. The molecule has 0 N–H and O–H groups in total. The van der Waals surface area contributed by atoms with E-state index < -0.39 is 0 Å². The highest BCUT2D eigenvalue weighted by Crippen LogP contribution is 2.26. The average Bonchev–Trinajstić information content (AvgIpc) is 2.49. The van der Waals surface area contributed by atoms with Crippen molar-refractivity contribution in [2.24, 2.45) is 0 Å². The molecule has 4 heteroatoms. The summed E-state index contributed by atoms with van der Waals surface area (Å²) in [6, 6.07) is 14.1. The van der Waals surface area contributed by atoms with Crippen molar-refractivity contribution in [3.05, 3.63) is 53.8 Å². The minimum absolute atomic E-state index is 0.284. The molecule has 0 saturated carbocycles. The Bertz CT molecular complexity index is 619. The van der Waals surface area contributed by atoms with E-state index in [1.807, 2.05) is 18.2 Å². The Morgan fingerprint density at radius 2 is 1.80 bits per heavy atom. The Hall–Kier alpha value is -1.61. The van der Waals surface area contributed by atoms with Crippen molar-refractivity contribution in [1.82, 2.24) is 0 Å². The first kappa shape index (κ1) is 14.8. The maximum atomic E-state index is 13.9. The van der Waals surface area contributed by atoms with E-state index in [0.29, 0.717) is 12.2 Å². The first-order valence-corrected chi connectivity index (χ1v) is 7.76. The molecule has 0 amide bonds. The highest BCUT2D eigenvalue weighted by atomic mass is 127. The van der Waals surface area contributed by atoms with Gasteiger partial charge < -0.3 is 4.74 Å². The van der Waals surface area contributed by atoms with Gasteiger partial charge in [-0.05, 0) is 41.8 Å². The molecule has 0 aliphatic heterocycles. The van der Waals surface area contributed by atoms with Gasteiger partial charge in [0, 0.05) is 4.43 Å². The van der Waals surface area contributed by atoms with Gasteiger partial charge in [0.1, 0.15) is 0 Å². The molecule has 2 nitrogen and oxygen atoms in total. The lowest BCUT2D eigenvalue weighted by Gasteiger charge is -2.08. The van der Waals surface area contributed by atoms with Crippen LogP contribution in [0.5, 0.6) is 5.75 Å². The largest absolute Gasteiger partial charge is 0.490 e. The standard InChI is InChI=1S/C16H13FINO/c17-15-10-14(6-7-16(15)20-9-1-8-18)13-4-2-12(11-19)3-5-13/h2-7,10H,1,8-9H2. The Balaban J connectivity index is 2.17. The van der Waals surface area contributed by atoms with E-state index >= 15 is 0 Å². The average molecular weight is 381 g/mol. The number of rotatable bonds is 5. The molecular formula is C16H13FINO. The normalized spacial score (nSPS) is 10.1. The molecule has 20 heavy (non-hydrogen) atoms. The number of halogens is 2. The van der Waals surface area contributed by atoms with E-state index in [2.05, 4.69) is 28.7 Å². The zero-order valence-corrected chi connectivity index (χ0v) is 12.9. The van der Waals surface area contributed by atoms with Crippen LogP contribution < -0.4 is 4.74 Å². The summed E-state index contributed by atoms with van der Waals surface area (Å²) in [6.07, 6.45) is 0.900. The fourth-order valence-electron chi connectivity index (χ4n) is 1.77. The summed E-state index contributed by atoms with van der Waals surface area (Å²) in [4.78, 5) is 0. The van der Waals surface area contributed by atoms with Crippen molar-refractivity contribution < 1.29 is 9.13 Å². The summed E-state index contributed by atoms with van der Waals surface area (Å²) < 4.78 is 20.3. The fraction of sp³-hybridized carbons (Fsp3) is 0.188. The predicted octanol–water partition coefficient (Wildman–Crippen LogP) is 4.57. The van der Waals surface area contributed by atoms with Gasteiger partial charge in [-0.15, -0.1) is 0 Å². The van der Waals surface area contributed by atoms with Crippen LogP contribution in [0, 0.1) is 17.1 Å². The minimum Gasteiger partial charge on any atom is -0.490 e. The van der Waals surface area contributed by atoms with Crippen molar-refractivity contribution in [2.45, 2.75) is 6.42 Å². The van der Waals surface area contributed by atoms with Gasteiger partial charge >= 0.3 is 0 Å². The van der Waals surface area contributed by atoms with Gasteiger partial charge in [0.2, 0.25) is 0 Å². The number of hydrogen-bond donors (Lipinski definition) is 0. The molecule has 0 radical (unpaired) electrons. The Kier molecular flexibility index (Phi) is 5.36. The van der Waals surface area contributed by atoms with Crippen LogP contribution in [0.3, 0.4) is 0 Å². The van der Waals surface area contributed by atoms with Crippen LogP contribution >= 0.6 is 22.6 Å². The smallest absolute Gasteiger partial charge is 0.165 e. The van der Waals surface area contributed by atoms with Crippen LogP contribution in [0.15, 0.2) is 42.5 Å². The van der Waals surface area contributed by atoms with Gasteiger partial charge in [-0.1, -0.05) is 40.8 Å². The van der Waals surface area contributed by atoms with Crippen LogP contribution in [0.2, 0.25) is 0 Å². The molecular weight excluding hydrogens is 368 g/mol. The lowest BCUT2D eigenvalue weighted by Crippen LogP contribution is -1.99. The molecule has 0 aliphatic rings. The molecule has 0 spiro atoms. The van der Waals surface area contributed by atoms with Gasteiger partial charge in [-0.3, -0.25) is 0 Å².